The van der Waals surface area contributed by atoms with Crippen LogP contribution in [0.1, 0.15) is 28.3 Å². The first kappa shape index (κ1) is 19.7. The van der Waals surface area contributed by atoms with Gasteiger partial charge in [0, 0.05) is 34.5 Å². The number of anilines is 1. The molecule has 0 unspecified atom stereocenters. The number of nitrogens with zero attached hydrogens (tertiary/aromatic N) is 2. The van der Waals surface area contributed by atoms with Crippen LogP contribution in [-0.2, 0) is 4.79 Å². The molecule has 150 valence electrons. The van der Waals surface area contributed by atoms with Gasteiger partial charge >= 0.3 is 0 Å². The molecule has 29 heavy (non-hydrogen) atoms. The minimum absolute atomic E-state index is 0.0495. The quantitative estimate of drug-likeness (QED) is 0.642. The summed E-state index contributed by atoms with van der Waals surface area (Å²) in [5, 5.41) is 4.21. The zero-order valence-electron chi connectivity index (χ0n) is 15.9. The largest absolute Gasteiger partial charge is 0.459 e. The van der Waals surface area contributed by atoms with Crippen molar-refractivity contribution in [3.8, 4) is 11.3 Å². The van der Waals surface area contributed by atoms with Crippen molar-refractivity contribution in [1.29, 1.82) is 0 Å². The maximum atomic E-state index is 12.7. The number of amides is 2. The van der Waals surface area contributed by atoms with E-state index >= 15 is 0 Å². The summed E-state index contributed by atoms with van der Waals surface area (Å²) in [6, 6.07) is 10.8. The van der Waals surface area contributed by atoms with Crippen LogP contribution in [0.4, 0.5) is 5.13 Å². The molecule has 1 saturated heterocycles. The van der Waals surface area contributed by atoms with Crippen LogP contribution in [0.25, 0.3) is 11.3 Å². The fourth-order valence-corrected chi connectivity index (χ4v) is 4.40. The number of rotatable bonds is 4. The molecular formula is C21H20ClN3O3S. The molecule has 0 spiro atoms. The minimum atomic E-state index is -0.140. The van der Waals surface area contributed by atoms with E-state index in [9.17, 15) is 9.59 Å². The second-order valence-corrected chi connectivity index (χ2v) is 8.60. The average molecular weight is 430 g/mol. The molecule has 1 fully saturated rings. The summed E-state index contributed by atoms with van der Waals surface area (Å²) < 4.78 is 5.17. The summed E-state index contributed by atoms with van der Waals surface area (Å²) in [6.07, 6.45) is 2.72. The molecule has 2 amide bonds. The normalized spacial score (nSPS) is 14.8. The van der Waals surface area contributed by atoms with E-state index in [4.69, 9.17) is 16.0 Å². The summed E-state index contributed by atoms with van der Waals surface area (Å²) >= 11 is 7.41. The topological polar surface area (TPSA) is 75.4 Å². The number of likely N-dealkylation sites (tertiary alicyclic amines) is 1. The summed E-state index contributed by atoms with van der Waals surface area (Å²) in [6.45, 7) is 3.05. The molecule has 6 nitrogen and oxygen atoms in total. The van der Waals surface area contributed by atoms with E-state index in [-0.39, 0.29) is 17.7 Å². The molecule has 2 aromatic heterocycles. The highest BCUT2D eigenvalue weighted by Gasteiger charge is 2.29. The number of aromatic nitrogens is 1. The van der Waals surface area contributed by atoms with Gasteiger partial charge < -0.3 is 14.6 Å². The van der Waals surface area contributed by atoms with Crippen LogP contribution in [0, 0.1) is 12.8 Å². The molecule has 1 aliphatic rings. The van der Waals surface area contributed by atoms with Crippen LogP contribution >= 0.6 is 22.9 Å². The minimum Gasteiger partial charge on any atom is -0.459 e. The number of benzene rings is 1. The standard InChI is InChI=1S/C21H20ClN3O3S/c1-13-18(14-4-6-16(22)7-5-14)23-21(29-13)24-19(26)15-8-10-25(11-9-15)20(27)17-3-2-12-28-17/h2-7,12,15H,8-11H2,1H3,(H,23,24,26). The van der Waals surface area contributed by atoms with Crippen LogP contribution in [0.5, 0.6) is 0 Å². The molecule has 3 heterocycles. The first-order valence-corrected chi connectivity index (χ1v) is 10.6. The second-order valence-electron chi connectivity index (χ2n) is 6.96. The van der Waals surface area contributed by atoms with Crippen molar-refractivity contribution >= 4 is 39.9 Å². The summed E-state index contributed by atoms with van der Waals surface area (Å²) in [4.78, 5) is 32.4. The van der Waals surface area contributed by atoms with E-state index in [0.29, 0.717) is 41.8 Å². The Kier molecular flexibility index (Phi) is 5.69. The third-order valence-corrected chi connectivity index (χ3v) is 6.17. The SMILES string of the molecule is Cc1sc(NC(=O)C2CCN(C(=O)c3ccco3)CC2)nc1-c1ccc(Cl)cc1. The number of piperidine rings is 1. The highest BCUT2D eigenvalue weighted by molar-refractivity contribution is 7.16. The van der Waals surface area contributed by atoms with Gasteiger partial charge in [-0.25, -0.2) is 4.98 Å². The smallest absolute Gasteiger partial charge is 0.289 e. The summed E-state index contributed by atoms with van der Waals surface area (Å²) in [5.74, 6) is 0.0169. The van der Waals surface area contributed by atoms with E-state index in [1.165, 1.54) is 17.6 Å². The fourth-order valence-electron chi connectivity index (χ4n) is 3.43. The van der Waals surface area contributed by atoms with Crippen molar-refractivity contribution in [2.45, 2.75) is 19.8 Å². The molecule has 0 aliphatic carbocycles. The number of halogens is 1. The number of thiazole rings is 1. The molecule has 0 atom stereocenters. The summed E-state index contributed by atoms with van der Waals surface area (Å²) in [7, 11) is 0. The fraction of sp³-hybridized carbons (Fsp3) is 0.286. The maximum absolute atomic E-state index is 12.7. The van der Waals surface area contributed by atoms with Gasteiger partial charge in [0.2, 0.25) is 5.91 Å². The van der Waals surface area contributed by atoms with E-state index < -0.39 is 0 Å². The number of carbonyl (C=O) groups excluding carboxylic acids is 2. The monoisotopic (exact) mass is 429 g/mol. The van der Waals surface area contributed by atoms with Crippen LogP contribution in [-0.4, -0.2) is 34.8 Å². The van der Waals surface area contributed by atoms with Crippen LogP contribution in [0.3, 0.4) is 0 Å². The first-order valence-electron chi connectivity index (χ1n) is 9.38. The number of nitrogens with one attached hydrogen (secondary N) is 1. The number of hydrogen-bond donors (Lipinski definition) is 1. The Hall–Kier alpha value is -2.64. The van der Waals surface area contributed by atoms with Crippen molar-refractivity contribution in [2.24, 2.45) is 5.92 Å². The molecule has 0 bridgehead atoms. The number of aryl methyl sites for hydroxylation is 1. The van der Waals surface area contributed by atoms with Gasteiger partial charge in [-0.15, -0.1) is 11.3 Å². The molecule has 1 aliphatic heterocycles. The van der Waals surface area contributed by atoms with Gasteiger partial charge in [-0.1, -0.05) is 23.7 Å². The lowest BCUT2D eigenvalue weighted by Gasteiger charge is -2.30. The Balaban J connectivity index is 1.36. The van der Waals surface area contributed by atoms with Gasteiger partial charge in [0.15, 0.2) is 10.9 Å². The van der Waals surface area contributed by atoms with E-state index in [0.717, 1.165) is 16.1 Å². The van der Waals surface area contributed by atoms with E-state index in [1.807, 2.05) is 31.2 Å². The Morgan fingerprint density at radius 1 is 1.21 bits per heavy atom. The predicted octanol–water partition coefficient (Wildman–Crippen LogP) is 4.86. The molecule has 4 rings (SSSR count). The molecule has 3 aromatic rings. The van der Waals surface area contributed by atoms with Gasteiger partial charge in [0.25, 0.3) is 5.91 Å². The first-order chi connectivity index (χ1) is 14.0. The van der Waals surface area contributed by atoms with Crippen molar-refractivity contribution < 1.29 is 14.0 Å². The van der Waals surface area contributed by atoms with Crippen molar-refractivity contribution in [1.82, 2.24) is 9.88 Å². The van der Waals surface area contributed by atoms with Gasteiger partial charge in [-0.2, -0.15) is 0 Å². The van der Waals surface area contributed by atoms with Crippen LogP contribution < -0.4 is 5.32 Å². The lowest BCUT2D eigenvalue weighted by Crippen LogP contribution is -2.41. The van der Waals surface area contributed by atoms with Crippen molar-refractivity contribution in [3.63, 3.8) is 0 Å². The highest BCUT2D eigenvalue weighted by Crippen LogP contribution is 2.31. The molecule has 1 N–H and O–H groups in total. The third kappa shape index (κ3) is 4.36. The van der Waals surface area contributed by atoms with Crippen molar-refractivity contribution in [3.05, 3.63) is 58.3 Å². The Labute approximate surface area is 177 Å². The van der Waals surface area contributed by atoms with Gasteiger partial charge in [0.1, 0.15) is 0 Å². The Bertz CT molecular complexity index is 1010. The number of carbonyl (C=O) groups is 2. The zero-order chi connectivity index (χ0) is 20.4. The van der Waals surface area contributed by atoms with Crippen LogP contribution in [0.15, 0.2) is 47.1 Å². The molecule has 0 radical (unpaired) electrons. The second kappa shape index (κ2) is 8.39. The lowest BCUT2D eigenvalue weighted by molar-refractivity contribution is -0.121. The predicted molar refractivity (Wildman–Crippen MR) is 113 cm³/mol. The Morgan fingerprint density at radius 2 is 1.93 bits per heavy atom. The van der Waals surface area contributed by atoms with E-state index in [2.05, 4.69) is 10.3 Å². The zero-order valence-corrected chi connectivity index (χ0v) is 17.4. The maximum Gasteiger partial charge on any atom is 0.289 e. The molecule has 0 saturated carbocycles. The van der Waals surface area contributed by atoms with Crippen LogP contribution in [0.2, 0.25) is 5.02 Å². The average Bonchev–Trinajstić information content (AvgIpc) is 3.38. The third-order valence-electron chi connectivity index (χ3n) is 5.03. The lowest BCUT2D eigenvalue weighted by atomic mass is 9.96. The van der Waals surface area contributed by atoms with Crippen molar-refractivity contribution in [2.75, 3.05) is 18.4 Å². The number of furan rings is 1. The molecule has 8 heteroatoms. The molecule has 1 aromatic carbocycles. The summed E-state index contributed by atoms with van der Waals surface area (Å²) in [5.41, 5.74) is 1.81. The highest BCUT2D eigenvalue weighted by atomic mass is 35.5. The van der Waals surface area contributed by atoms with Gasteiger partial charge in [0.05, 0.1) is 12.0 Å². The van der Waals surface area contributed by atoms with Gasteiger partial charge in [-0.05, 0) is 44.0 Å². The van der Waals surface area contributed by atoms with E-state index in [1.54, 1.807) is 17.0 Å². The number of hydrogen-bond acceptors (Lipinski definition) is 5. The van der Waals surface area contributed by atoms with Gasteiger partial charge in [-0.3, -0.25) is 9.59 Å². The Morgan fingerprint density at radius 3 is 2.59 bits per heavy atom. The molecular weight excluding hydrogens is 410 g/mol.